The lowest BCUT2D eigenvalue weighted by molar-refractivity contribution is -0.117. The Balaban J connectivity index is 2.28. The van der Waals surface area contributed by atoms with Gasteiger partial charge in [-0.05, 0) is 47.1 Å². The first kappa shape index (κ1) is 12.3. The van der Waals surface area contributed by atoms with Crippen molar-refractivity contribution in [1.29, 1.82) is 0 Å². The maximum atomic E-state index is 11.8. The molecule has 0 bridgehead atoms. The first-order valence-electron chi connectivity index (χ1n) is 5.10. The molecule has 16 heavy (non-hydrogen) atoms. The number of alkyl halides is 1. The molecule has 1 aromatic heterocycles. The van der Waals surface area contributed by atoms with Crippen LogP contribution in [0.3, 0.4) is 0 Å². The molecule has 86 valence electrons. The van der Waals surface area contributed by atoms with Gasteiger partial charge in [0.05, 0.1) is 0 Å². The maximum absolute atomic E-state index is 11.8. The Hall–Kier alpha value is -0.170. The average molecular weight is 395 g/mol. The molecule has 0 aromatic carbocycles. The Morgan fingerprint density at radius 3 is 3.00 bits per heavy atom. The Labute approximate surface area is 117 Å². The SMILES string of the molecule is Cc1cc(I)cnc1N1CC(CBr)CC1=O. The summed E-state index contributed by atoms with van der Waals surface area (Å²) in [6.07, 6.45) is 2.43. The van der Waals surface area contributed by atoms with Crippen molar-refractivity contribution < 1.29 is 4.79 Å². The number of hydrogen-bond acceptors (Lipinski definition) is 2. The zero-order chi connectivity index (χ0) is 11.7. The number of carbonyl (C=O) groups excluding carboxylic acids is 1. The van der Waals surface area contributed by atoms with Gasteiger partial charge in [-0.3, -0.25) is 9.69 Å². The number of hydrogen-bond donors (Lipinski definition) is 0. The molecule has 2 heterocycles. The van der Waals surface area contributed by atoms with Crippen molar-refractivity contribution in [2.75, 3.05) is 16.8 Å². The summed E-state index contributed by atoms with van der Waals surface area (Å²) in [5.41, 5.74) is 1.07. The molecule has 5 heteroatoms. The van der Waals surface area contributed by atoms with Crippen molar-refractivity contribution >= 4 is 50.2 Å². The van der Waals surface area contributed by atoms with E-state index in [0.29, 0.717) is 12.3 Å². The van der Waals surface area contributed by atoms with Crippen LogP contribution in [0.4, 0.5) is 5.82 Å². The Morgan fingerprint density at radius 1 is 1.69 bits per heavy atom. The highest BCUT2D eigenvalue weighted by Gasteiger charge is 2.31. The second-order valence-electron chi connectivity index (χ2n) is 4.02. The molecule has 0 saturated carbocycles. The lowest BCUT2D eigenvalue weighted by atomic mass is 10.2. The lowest BCUT2D eigenvalue weighted by Gasteiger charge is -2.17. The second-order valence-corrected chi connectivity index (χ2v) is 5.92. The minimum Gasteiger partial charge on any atom is -0.296 e. The fourth-order valence-corrected chi connectivity index (χ4v) is 2.95. The van der Waals surface area contributed by atoms with Crippen LogP contribution in [-0.4, -0.2) is 22.8 Å². The van der Waals surface area contributed by atoms with Crippen LogP contribution in [0.1, 0.15) is 12.0 Å². The molecular weight excluding hydrogens is 383 g/mol. The maximum Gasteiger partial charge on any atom is 0.228 e. The van der Waals surface area contributed by atoms with E-state index in [-0.39, 0.29) is 5.91 Å². The number of rotatable bonds is 2. The third-order valence-corrected chi connectivity index (χ3v) is 4.20. The summed E-state index contributed by atoms with van der Waals surface area (Å²) >= 11 is 5.66. The molecule has 0 N–H and O–H groups in total. The third kappa shape index (κ3) is 2.40. The molecule has 1 unspecified atom stereocenters. The van der Waals surface area contributed by atoms with Crippen molar-refractivity contribution in [2.24, 2.45) is 5.92 Å². The quantitative estimate of drug-likeness (QED) is 0.570. The largest absolute Gasteiger partial charge is 0.296 e. The molecule has 1 atom stereocenters. The molecule has 1 aliphatic rings. The van der Waals surface area contributed by atoms with E-state index in [2.05, 4.69) is 49.6 Å². The zero-order valence-electron chi connectivity index (χ0n) is 8.91. The first-order valence-corrected chi connectivity index (χ1v) is 7.30. The highest BCUT2D eigenvalue weighted by molar-refractivity contribution is 14.1. The predicted octanol–water partition coefficient (Wildman–Crippen LogP) is 2.74. The highest BCUT2D eigenvalue weighted by Crippen LogP contribution is 2.27. The van der Waals surface area contributed by atoms with Crippen molar-refractivity contribution in [3.8, 4) is 0 Å². The van der Waals surface area contributed by atoms with Gasteiger partial charge in [-0.2, -0.15) is 0 Å². The molecule has 1 fully saturated rings. The lowest BCUT2D eigenvalue weighted by Crippen LogP contribution is -2.26. The third-order valence-electron chi connectivity index (χ3n) is 2.70. The molecule has 2 rings (SSSR count). The van der Waals surface area contributed by atoms with Gasteiger partial charge in [0.1, 0.15) is 5.82 Å². The molecule has 1 saturated heterocycles. The Morgan fingerprint density at radius 2 is 2.44 bits per heavy atom. The summed E-state index contributed by atoms with van der Waals surface area (Å²) < 4.78 is 1.10. The number of carbonyl (C=O) groups is 1. The van der Waals surface area contributed by atoms with Crippen LogP contribution in [0.5, 0.6) is 0 Å². The molecule has 3 nitrogen and oxygen atoms in total. The van der Waals surface area contributed by atoms with E-state index in [1.165, 1.54) is 0 Å². The van der Waals surface area contributed by atoms with E-state index in [1.807, 2.05) is 6.92 Å². The number of anilines is 1. The van der Waals surface area contributed by atoms with Gasteiger partial charge >= 0.3 is 0 Å². The monoisotopic (exact) mass is 394 g/mol. The van der Waals surface area contributed by atoms with E-state index >= 15 is 0 Å². The number of halogens is 2. The topological polar surface area (TPSA) is 33.2 Å². The number of amides is 1. The number of aryl methyl sites for hydroxylation is 1. The fraction of sp³-hybridized carbons (Fsp3) is 0.455. The summed E-state index contributed by atoms with van der Waals surface area (Å²) in [6.45, 7) is 2.78. The standard InChI is InChI=1S/C11H12BrIN2O/c1-7-2-9(13)5-14-11(7)15-6-8(4-12)3-10(15)16/h2,5,8H,3-4,6H2,1H3. The summed E-state index contributed by atoms with van der Waals surface area (Å²) in [4.78, 5) is 18.0. The molecule has 0 aliphatic carbocycles. The smallest absolute Gasteiger partial charge is 0.228 e. The van der Waals surface area contributed by atoms with E-state index in [9.17, 15) is 4.79 Å². The van der Waals surface area contributed by atoms with Gasteiger partial charge in [0.25, 0.3) is 0 Å². The average Bonchev–Trinajstić information content (AvgIpc) is 2.60. The van der Waals surface area contributed by atoms with Gasteiger partial charge in [0.15, 0.2) is 0 Å². The number of nitrogens with zero attached hydrogens (tertiary/aromatic N) is 2. The van der Waals surface area contributed by atoms with Gasteiger partial charge in [0, 0.05) is 28.1 Å². The van der Waals surface area contributed by atoms with E-state index < -0.39 is 0 Å². The van der Waals surface area contributed by atoms with E-state index in [1.54, 1.807) is 11.1 Å². The second kappa shape index (κ2) is 5.00. The molecular formula is C11H12BrIN2O. The van der Waals surface area contributed by atoms with Crippen LogP contribution < -0.4 is 4.90 Å². The highest BCUT2D eigenvalue weighted by atomic mass is 127. The Bertz CT molecular complexity index is 424. The van der Waals surface area contributed by atoms with E-state index in [0.717, 1.165) is 26.8 Å². The Kier molecular flexibility index (Phi) is 3.84. The van der Waals surface area contributed by atoms with Gasteiger partial charge < -0.3 is 0 Å². The van der Waals surface area contributed by atoms with Gasteiger partial charge in [-0.1, -0.05) is 15.9 Å². The number of pyridine rings is 1. The van der Waals surface area contributed by atoms with Crippen LogP contribution >= 0.6 is 38.5 Å². The van der Waals surface area contributed by atoms with E-state index in [4.69, 9.17) is 0 Å². The van der Waals surface area contributed by atoms with Crippen LogP contribution in [0.25, 0.3) is 0 Å². The molecule has 1 aromatic rings. The van der Waals surface area contributed by atoms with Crippen LogP contribution in [0.15, 0.2) is 12.3 Å². The van der Waals surface area contributed by atoms with Crippen LogP contribution in [-0.2, 0) is 4.79 Å². The van der Waals surface area contributed by atoms with Gasteiger partial charge in [-0.25, -0.2) is 4.98 Å². The van der Waals surface area contributed by atoms with Gasteiger partial charge in [-0.15, -0.1) is 0 Å². The molecule has 1 amide bonds. The number of aromatic nitrogens is 1. The zero-order valence-corrected chi connectivity index (χ0v) is 12.7. The summed E-state index contributed by atoms with van der Waals surface area (Å²) in [7, 11) is 0. The van der Waals surface area contributed by atoms with Crippen molar-refractivity contribution in [3.63, 3.8) is 0 Å². The van der Waals surface area contributed by atoms with Crippen molar-refractivity contribution in [3.05, 3.63) is 21.4 Å². The molecule has 1 aliphatic heterocycles. The molecule has 0 radical (unpaired) electrons. The summed E-state index contributed by atoms with van der Waals surface area (Å²) in [5.74, 6) is 1.41. The minimum atomic E-state index is 0.182. The first-order chi connectivity index (χ1) is 7.61. The molecule has 0 spiro atoms. The van der Waals surface area contributed by atoms with Crippen LogP contribution in [0, 0.1) is 16.4 Å². The fourth-order valence-electron chi connectivity index (χ4n) is 1.91. The normalized spacial score (nSPS) is 20.6. The predicted molar refractivity (Wildman–Crippen MR) is 75.9 cm³/mol. The minimum absolute atomic E-state index is 0.182. The van der Waals surface area contributed by atoms with Crippen molar-refractivity contribution in [1.82, 2.24) is 4.98 Å². The summed E-state index contributed by atoms with van der Waals surface area (Å²) in [5, 5.41) is 0.874. The van der Waals surface area contributed by atoms with Gasteiger partial charge in [0.2, 0.25) is 5.91 Å². The van der Waals surface area contributed by atoms with Crippen molar-refractivity contribution in [2.45, 2.75) is 13.3 Å². The van der Waals surface area contributed by atoms with Crippen LogP contribution in [0.2, 0.25) is 0 Å². The summed E-state index contributed by atoms with van der Waals surface area (Å²) in [6, 6.07) is 2.05.